The molecule has 2 atom stereocenters. The fourth-order valence-corrected chi connectivity index (χ4v) is 4.21. The van der Waals surface area contributed by atoms with E-state index in [0.717, 1.165) is 34.7 Å². The lowest BCUT2D eigenvalue weighted by molar-refractivity contribution is -0.527. The number of hydrogen-bond acceptors (Lipinski definition) is 4. The van der Waals surface area contributed by atoms with E-state index in [2.05, 4.69) is 0 Å². The van der Waals surface area contributed by atoms with Crippen molar-refractivity contribution in [2.75, 3.05) is 0 Å². The zero-order valence-corrected chi connectivity index (χ0v) is 11.8. The van der Waals surface area contributed by atoms with Crippen LogP contribution in [-0.4, -0.2) is 15.9 Å². The van der Waals surface area contributed by atoms with Gasteiger partial charge in [0.2, 0.25) is 6.04 Å². The van der Waals surface area contributed by atoms with E-state index in [0.29, 0.717) is 18.4 Å². The lowest BCUT2D eigenvalue weighted by Gasteiger charge is -2.33. The number of rotatable bonds is 2. The van der Waals surface area contributed by atoms with E-state index >= 15 is 0 Å². The highest BCUT2D eigenvalue weighted by molar-refractivity contribution is 5.94. The molecular formula is C16H14N2O4. The van der Waals surface area contributed by atoms with E-state index in [9.17, 15) is 20.2 Å². The summed E-state index contributed by atoms with van der Waals surface area (Å²) in [5, 5.41) is 24.7. The van der Waals surface area contributed by atoms with Crippen molar-refractivity contribution in [3.05, 3.63) is 61.2 Å². The molecule has 0 amide bonds. The van der Waals surface area contributed by atoms with Crippen molar-refractivity contribution in [1.82, 2.24) is 0 Å². The standard InChI is InChI=1S/C16H14N2O4/c19-17(20)13-7-9-3-1-4-10-8-14(18(21)22)12-6-2-5-11(13)16(12)15(9)10/h1,3-4,7,12,14H,2,5-6,8H2. The van der Waals surface area contributed by atoms with Crippen LogP contribution in [0.3, 0.4) is 0 Å². The molecule has 0 bridgehead atoms. The fraction of sp³-hybridized carbons (Fsp3) is 0.375. The summed E-state index contributed by atoms with van der Waals surface area (Å²) in [6, 6.07) is 6.57. The molecule has 6 nitrogen and oxygen atoms in total. The summed E-state index contributed by atoms with van der Waals surface area (Å²) in [5.41, 5.74) is 2.66. The third-order valence-corrected chi connectivity index (χ3v) is 5.05. The Balaban J connectivity index is 2.11. The molecule has 0 saturated heterocycles. The van der Waals surface area contributed by atoms with Gasteiger partial charge in [-0.1, -0.05) is 18.2 Å². The van der Waals surface area contributed by atoms with Crippen molar-refractivity contribution >= 4 is 16.5 Å². The Bertz CT molecular complexity index is 830. The van der Waals surface area contributed by atoms with E-state index < -0.39 is 6.04 Å². The molecule has 2 unspecified atom stereocenters. The first-order valence-corrected chi connectivity index (χ1v) is 7.43. The van der Waals surface area contributed by atoms with Gasteiger partial charge in [0.25, 0.3) is 5.69 Å². The van der Waals surface area contributed by atoms with Crippen molar-refractivity contribution in [3.8, 4) is 0 Å². The average molecular weight is 298 g/mol. The summed E-state index contributed by atoms with van der Waals surface area (Å²) in [7, 11) is 0. The summed E-state index contributed by atoms with van der Waals surface area (Å²) in [4.78, 5) is 22.3. The fourth-order valence-electron chi connectivity index (χ4n) is 4.21. The van der Waals surface area contributed by atoms with Gasteiger partial charge in [0.05, 0.1) is 10.8 Å². The average Bonchev–Trinajstić information content (AvgIpc) is 2.51. The lowest BCUT2D eigenvalue weighted by Crippen LogP contribution is -2.35. The number of nitro groups is 2. The third kappa shape index (κ3) is 1.66. The van der Waals surface area contributed by atoms with Gasteiger partial charge in [0, 0.05) is 23.0 Å². The highest BCUT2D eigenvalue weighted by Gasteiger charge is 2.43. The van der Waals surface area contributed by atoms with E-state index in [-0.39, 0.29) is 21.5 Å². The van der Waals surface area contributed by atoms with Crippen molar-refractivity contribution < 1.29 is 9.85 Å². The summed E-state index contributed by atoms with van der Waals surface area (Å²) in [5.74, 6) is -0.198. The predicted octanol–water partition coefficient (Wildman–Crippen LogP) is 3.37. The zero-order chi connectivity index (χ0) is 15.4. The Labute approximate surface area is 126 Å². The lowest BCUT2D eigenvalue weighted by atomic mass is 9.70. The molecule has 0 aliphatic heterocycles. The molecule has 0 aromatic heterocycles. The molecule has 6 heteroatoms. The van der Waals surface area contributed by atoms with Crippen molar-refractivity contribution in [3.63, 3.8) is 0 Å². The summed E-state index contributed by atoms with van der Waals surface area (Å²) >= 11 is 0. The van der Waals surface area contributed by atoms with Gasteiger partial charge in [0.1, 0.15) is 0 Å². The summed E-state index contributed by atoms with van der Waals surface area (Å²) in [6.45, 7) is 0. The van der Waals surface area contributed by atoms with Crippen LogP contribution in [-0.2, 0) is 12.8 Å². The van der Waals surface area contributed by atoms with Crippen LogP contribution < -0.4 is 0 Å². The van der Waals surface area contributed by atoms with Gasteiger partial charge >= 0.3 is 0 Å². The maximum atomic E-state index is 11.5. The molecule has 4 rings (SSSR count). The smallest absolute Gasteiger partial charge is 0.264 e. The molecule has 0 saturated carbocycles. The van der Waals surface area contributed by atoms with E-state index in [1.165, 1.54) is 0 Å². The minimum atomic E-state index is -0.667. The molecule has 0 N–H and O–H groups in total. The Morgan fingerprint density at radius 1 is 1.18 bits per heavy atom. The quantitative estimate of drug-likeness (QED) is 0.628. The van der Waals surface area contributed by atoms with Crippen molar-refractivity contribution in [1.29, 1.82) is 0 Å². The SMILES string of the molecule is O=[N+]([O-])c1cc2cccc3c2c2c1CCCC2C([N+](=O)[O-])C3. The van der Waals surface area contributed by atoms with E-state index in [1.807, 2.05) is 18.2 Å². The highest BCUT2D eigenvalue weighted by atomic mass is 16.6. The molecule has 0 radical (unpaired) electrons. The number of nitro benzene ring substituents is 1. The first kappa shape index (κ1) is 13.2. The van der Waals surface area contributed by atoms with Crippen molar-refractivity contribution in [2.24, 2.45) is 0 Å². The Morgan fingerprint density at radius 2 is 2.00 bits per heavy atom. The first-order valence-electron chi connectivity index (χ1n) is 7.43. The molecule has 22 heavy (non-hydrogen) atoms. The summed E-state index contributed by atoms with van der Waals surface area (Å²) < 4.78 is 0. The van der Waals surface area contributed by atoms with Gasteiger partial charge in [-0.3, -0.25) is 20.2 Å². The molecule has 2 aliphatic carbocycles. The van der Waals surface area contributed by atoms with Crippen LogP contribution in [0.4, 0.5) is 5.69 Å². The zero-order valence-electron chi connectivity index (χ0n) is 11.8. The molecule has 0 fully saturated rings. The maximum absolute atomic E-state index is 11.5. The van der Waals surface area contributed by atoms with Crippen LogP contribution in [0.25, 0.3) is 10.8 Å². The number of hydrogen-bond donors (Lipinski definition) is 0. The number of benzene rings is 2. The molecule has 0 heterocycles. The molecule has 112 valence electrons. The van der Waals surface area contributed by atoms with Crippen LogP contribution in [0.5, 0.6) is 0 Å². The van der Waals surface area contributed by atoms with Crippen LogP contribution in [0.15, 0.2) is 24.3 Å². The van der Waals surface area contributed by atoms with Gasteiger partial charge in [-0.2, -0.15) is 0 Å². The second kappa shape index (κ2) is 4.50. The third-order valence-electron chi connectivity index (χ3n) is 5.05. The molecular weight excluding hydrogens is 284 g/mol. The Kier molecular flexibility index (Phi) is 2.69. The second-order valence-electron chi connectivity index (χ2n) is 6.12. The van der Waals surface area contributed by atoms with Gasteiger partial charge < -0.3 is 0 Å². The number of nitrogens with zero attached hydrogens (tertiary/aromatic N) is 2. The Hall–Kier alpha value is -2.50. The predicted molar refractivity (Wildman–Crippen MR) is 80.8 cm³/mol. The van der Waals surface area contributed by atoms with Crippen LogP contribution in [0.1, 0.15) is 35.4 Å². The minimum Gasteiger partial charge on any atom is -0.264 e. The molecule has 2 aromatic carbocycles. The summed E-state index contributed by atoms with van der Waals surface area (Å²) in [6.07, 6.45) is 2.57. The van der Waals surface area contributed by atoms with Crippen LogP contribution in [0, 0.1) is 20.2 Å². The Morgan fingerprint density at radius 3 is 2.73 bits per heavy atom. The molecule has 0 spiro atoms. The van der Waals surface area contributed by atoms with E-state index in [4.69, 9.17) is 0 Å². The first-order chi connectivity index (χ1) is 10.6. The van der Waals surface area contributed by atoms with Gasteiger partial charge in [0.15, 0.2) is 0 Å². The highest BCUT2D eigenvalue weighted by Crippen LogP contribution is 2.48. The van der Waals surface area contributed by atoms with Crippen LogP contribution in [0.2, 0.25) is 0 Å². The largest absolute Gasteiger partial charge is 0.273 e. The topological polar surface area (TPSA) is 86.3 Å². The normalized spacial score (nSPS) is 22.5. The second-order valence-corrected chi connectivity index (χ2v) is 6.12. The van der Waals surface area contributed by atoms with Crippen LogP contribution >= 0.6 is 0 Å². The van der Waals surface area contributed by atoms with Gasteiger partial charge in [-0.05, 0) is 41.2 Å². The maximum Gasteiger partial charge on any atom is 0.273 e. The molecule has 2 aliphatic rings. The van der Waals surface area contributed by atoms with Gasteiger partial charge in [-0.15, -0.1) is 0 Å². The van der Waals surface area contributed by atoms with E-state index in [1.54, 1.807) is 6.07 Å². The molecule has 2 aromatic rings. The minimum absolute atomic E-state index is 0.119. The van der Waals surface area contributed by atoms with Crippen molar-refractivity contribution in [2.45, 2.75) is 37.6 Å². The monoisotopic (exact) mass is 298 g/mol. The van der Waals surface area contributed by atoms with Gasteiger partial charge in [-0.25, -0.2) is 0 Å².